The van der Waals surface area contributed by atoms with E-state index in [0.29, 0.717) is 21.0 Å². The van der Waals surface area contributed by atoms with Crippen LogP contribution >= 0.6 is 11.3 Å². The molecule has 0 aliphatic carbocycles. The number of halogens is 2. The number of benzene rings is 2. The molecule has 2 aromatic carbocycles. The maximum Gasteiger partial charge on any atom is 0.279 e. The molecule has 0 radical (unpaired) electrons. The first-order chi connectivity index (χ1) is 13.9. The molecule has 29 heavy (non-hydrogen) atoms. The van der Waals surface area contributed by atoms with Gasteiger partial charge in [0.05, 0.1) is 5.56 Å². The number of aromatic nitrogens is 2. The fourth-order valence-corrected chi connectivity index (χ4v) is 3.80. The number of rotatable bonds is 2. The Morgan fingerprint density at radius 2 is 1.86 bits per heavy atom. The molecule has 0 bridgehead atoms. The van der Waals surface area contributed by atoms with Gasteiger partial charge in [-0.2, -0.15) is 4.52 Å². The molecule has 0 saturated carbocycles. The van der Waals surface area contributed by atoms with Crippen molar-refractivity contribution in [3.8, 4) is 17.6 Å². The quantitative estimate of drug-likeness (QED) is 0.510. The first-order valence-electron chi connectivity index (χ1n) is 8.69. The van der Waals surface area contributed by atoms with Crippen molar-refractivity contribution >= 4 is 16.2 Å². The van der Waals surface area contributed by atoms with Gasteiger partial charge in [0, 0.05) is 17.5 Å². The minimum atomic E-state index is -1.01. The van der Waals surface area contributed by atoms with E-state index in [-0.39, 0.29) is 17.7 Å². The molecule has 0 atom stereocenters. The molecule has 1 N–H and O–H groups in total. The van der Waals surface area contributed by atoms with E-state index in [1.807, 2.05) is 30.3 Å². The van der Waals surface area contributed by atoms with Crippen molar-refractivity contribution in [2.45, 2.75) is 13.3 Å². The van der Waals surface area contributed by atoms with Gasteiger partial charge < -0.3 is 5.11 Å². The summed E-state index contributed by atoms with van der Waals surface area (Å²) in [5.74, 6) is 3.76. The zero-order valence-electron chi connectivity index (χ0n) is 15.2. The highest BCUT2D eigenvalue weighted by Gasteiger charge is 2.19. The highest BCUT2D eigenvalue weighted by molar-refractivity contribution is 7.17. The lowest BCUT2D eigenvalue weighted by Crippen LogP contribution is -2.20. The van der Waals surface area contributed by atoms with Gasteiger partial charge in [-0.25, -0.2) is 8.78 Å². The zero-order chi connectivity index (χ0) is 20.5. The summed E-state index contributed by atoms with van der Waals surface area (Å²) in [6, 6.07) is 12.7. The molecule has 144 valence electrons. The second-order valence-electron chi connectivity index (χ2n) is 6.42. The molecule has 0 aliphatic heterocycles. The molecule has 2 aromatic heterocycles. The van der Waals surface area contributed by atoms with Crippen molar-refractivity contribution < 1.29 is 13.9 Å². The Morgan fingerprint density at radius 3 is 2.59 bits per heavy atom. The molecule has 0 fully saturated rings. The van der Waals surface area contributed by atoms with Crippen molar-refractivity contribution in [1.29, 1.82) is 0 Å². The largest absolute Gasteiger partial charge is 0.507 e. The Morgan fingerprint density at radius 1 is 1.10 bits per heavy atom. The Labute approximate surface area is 168 Å². The summed E-state index contributed by atoms with van der Waals surface area (Å²) in [6.45, 7) is 1.67. The summed E-state index contributed by atoms with van der Waals surface area (Å²) in [5, 5.41) is 15.2. The van der Waals surface area contributed by atoms with E-state index in [4.69, 9.17) is 0 Å². The van der Waals surface area contributed by atoms with E-state index in [1.165, 1.54) is 21.9 Å². The molecule has 0 aliphatic rings. The van der Waals surface area contributed by atoms with Gasteiger partial charge in [0.1, 0.15) is 10.6 Å². The average Bonchev–Trinajstić information content (AvgIpc) is 3.16. The molecule has 0 spiro atoms. The number of pyridine rings is 1. The maximum atomic E-state index is 13.5. The lowest BCUT2D eigenvalue weighted by molar-refractivity contribution is 0.463. The number of nitrogens with zero attached hydrogens (tertiary/aromatic N) is 2. The molecule has 7 heteroatoms. The van der Waals surface area contributed by atoms with Crippen LogP contribution in [-0.2, 0) is 6.42 Å². The minimum absolute atomic E-state index is 0.0474. The lowest BCUT2D eigenvalue weighted by Gasteiger charge is -2.08. The Kier molecular flexibility index (Phi) is 4.87. The first-order valence-corrected chi connectivity index (χ1v) is 9.51. The van der Waals surface area contributed by atoms with Crippen LogP contribution in [0.2, 0.25) is 0 Å². The van der Waals surface area contributed by atoms with Gasteiger partial charge in [0.25, 0.3) is 5.56 Å². The van der Waals surface area contributed by atoms with E-state index >= 15 is 0 Å². The highest BCUT2D eigenvalue weighted by Crippen LogP contribution is 2.28. The SMILES string of the molecule is Cc1c(O)c(Cc2ccc(F)c(F)c2)c(=O)n2nc(C#Cc3ccccc3)sc12. The predicted molar refractivity (Wildman–Crippen MR) is 107 cm³/mol. The third kappa shape index (κ3) is 3.62. The second-order valence-corrected chi connectivity index (χ2v) is 7.40. The van der Waals surface area contributed by atoms with Gasteiger partial charge in [0.15, 0.2) is 16.6 Å². The third-order valence-electron chi connectivity index (χ3n) is 4.44. The summed E-state index contributed by atoms with van der Waals surface area (Å²) in [4.78, 5) is 13.4. The zero-order valence-corrected chi connectivity index (χ0v) is 16.1. The van der Waals surface area contributed by atoms with Gasteiger partial charge in [-0.15, -0.1) is 5.10 Å². The molecule has 0 unspecified atom stereocenters. The maximum absolute atomic E-state index is 13.5. The second kappa shape index (κ2) is 7.49. The van der Waals surface area contributed by atoms with Crippen LogP contribution < -0.4 is 5.56 Å². The molecule has 4 rings (SSSR count). The molecular weight excluding hydrogens is 394 g/mol. The van der Waals surface area contributed by atoms with Crippen LogP contribution in [0.3, 0.4) is 0 Å². The normalized spacial score (nSPS) is 10.7. The summed E-state index contributed by atoms with van der Waals surface area (Å²) in [6.07, 6.45) is -0.0474. The molecule has 4 nitrogen and oxygen atoms in total. The van der Waals surface area contributed by atoms with Gasteiger partial charge in [-0.05, 0) is 42.7 Å². The predicted octanol–water partition coefficient (Wildman–Crippen LogP) is 4.04. The smallest absolute Gasteiger partial charge is 0.279 e. The van der Waals surface area contributed by atoms with Crippen molar-refractivity contribution in [3.05, 3.63) is 97.8 Å². The van der Waals surface area contributed by atoms with Crippen LogP contribution in [0.15, 0.2) is 53.3 Å². The summed E-state index contributed by atoms with van der Waals surface area (Å²) in [7, 11) is 0. The molecule has 0 amide bonds. The van der Waals surface area contributed by atoms with Crippen LogP contribution in [0.4, 0.5) is 8.78 Å². The standard InChI is InChI=1S/C22H14F2N2O2S/c1-13-20(27)16(11-15-7-9-17(23)18(24)12-15)21(28)26-22(13)29-19(25-26)10-8-14-5-3-2-4-6-14/h2-7,9,12,27H,11H2,1H3. The molecular formula is C22H14F2N2O2S. The van der Waals surface area contributed by atoms with Gasteiger partial charge in [0.2, 0.25) is 0 Å². The lowest BCUT2D eigenvalue weighted by atomic mass is 10.0. The van der Waals surface area contributed by atoms with Crippen LogP contribution in [0.5, 0.6) is 5.75 Å². The van der Waals surface area contributed by atoms with E-state index in [9.17, 15) is 18.7 Å². The first kappa shape index (κ1) is 18.8. The molecule has 4 aromatic rings. The number of hydrogen-bond acceptors (Lipinski definition) is 4. The summed E-state index contributed by atoms with van der Waals surface area (Å²) in [5.41, 5.74) is 1.22. The van der Waals surface area contributed by atoms with Crippen LogP contribution in [0, 0.1) is 30.4 Å². The van der Waals surface area contributed by atoms with Crippen molar-refractivity contribution in [1.82, 2.24) is 9.61 Å². The van der Waals surface area contributed by atoms with Crippen molar-refractivity contribution in [3.63, 3.8) is 0 Å². The topological polar surface area (TPSA) is 54.6 Å². The third-order valence-corrected chi connectivity index (χ3v) is 5.49. The minimum Gasteiger partial charge on any atom is -0.507 e. The molecule has 0 saturated heterocycles. The fourth-order valence-electron chi connectivity index (χ4n) is 2.93. The number of aromatic hydroxyl groups is 1. The Hall–Kier alpha value is -3.50. The Bertz CT molecular complexity index is 1350. The van der Waals surface area contributed by atoms with Crippen LogP contribution in [-0.4, -0.2) is 14.7 Å². The number of fused-ring (bicyclic) bond motifs is 1. The van der Waals surface area contributed by atoms with Gasteiger partial charge in [-0.1, -0.05) is 41.5 Å². The number of hydrogen-bond donors (Lipinski definition) is 1. The van der Waals surface area contributed by atoms with E-state index in [1.54, 1.807) is 6.92 Å². The number of aryl methyl sites for hydroxylation is 1. The monoisotopic (exact) mass is 408 g/mol. The van der Waals surface area contributed by atoms with Crippen molar-refractivity contribution in [2.24, 2.45) is 0 Å². The van der Waals surface area contributed by atoms with Gasteiger partial charge >= 0.3 is 0 Å². The van der Waals surface area contributed by atoms with Crippen molar-refractivity contribution in [2.75, 3.05) is 0 Å². The van der Waals surface area contributed by atoms with E-state index in [0.717, 1.165) is 17.7 Å². The summed E-state index contributed by atoms with van der Waals surface area (Å²) < 4.78 is 27.8. The Balaban J connectivity index is 1.78. The fraction of sp³-hybridized carbons (Fsp3) is 0.0909. The van der Waals surface area contributed by atoms with Crippen LogP contribution in [0.25, 0.3) is 4.83 Å². The van der Waals surface area contributed by atoms with E-state index < -0.39 is 17.2 Å². The van der Waals surface area contributed by atoms with E-state index in [2.05, 4.69) is 16.9 Å². The van der Waals surface area contributed by atoms with Gasteiger partial charge in [-0.3, -0.25) is 4.79 Å². The van der Waals surface area contributed by atoms with Crippen LogP contribution in [0.1, 0.15) is 27.3 Å². The average molecular weight is 408 g/mol. The molecule has 2 heterocycles. The summed E-state index contributed by atoms with van der Waals surface area (Å²) >= 11 is 1.20. The highest BCUT2D eigenvalue weighted by atomic mass is 32.1.